The summed E-state index contributed by atoms with van der Waals surface area (Å²) in [4.78, 5) is 32.0. The fraction of sp³-hybridized carbons (Fsp3) is 0.333. The van der Waals surface area contributed by atoms with E-state index >= 15 is 0 Å². The number of fused-ring (bicyclic) bond motifs is 3. The molecule has 8 heteroatoms. The van der Waals surface area contributed by atoms with Crippen molar-refractivity contribution in [1.29, 1.82) is 0 Å². The first-order chi connectivity index (χ1) is 12.3. The van der Waals surface area contributed by atoms with Crippen molar-refractivity contribution in [2.24, 2.45) is 4.99 Å². The molecule has 7 nitrogen and oxygen atoms in total. The number of rotatable bonds is 2. The molecule has 1 atom stereocenters. The maximum Gasteiger partial charge on any atom is 0.402 e. The van der Waals surface area contributed by atoms with Gasteiger partial charge in [-0.05, 0) is 19.9 Å². The number of benzene rings is 1. The van der Waals surface area contributed by atoms with E-state index in [1.807, 2.05) is 23.0 Å². The van der Waals surface area contributed by atoms with Crippen LogP contribution in [0.5, 0.6) is 0 Å². The summed E-state index contributed by atoms with van der Waals surface area (Å²) in [6.45, 7) is 4.12. The number of aliphatic imine (C=N–C) groups is 1. The SMILES string of the molecule is Cc1c(C)[n+](Cc2ccccc2F)c2n1C1C(=O)N(C)C(=O)N(C)C1=N2. The molecule has 134 valence electrons. The summed E-state index contributed by atoms with van der Waals surface area (Å²) in [5.74, 6) is 0.343. The number of nitrogens with zero attached hydrogens (tertiary/aromatic N) is 5. The van der Waals surface area contributed by atoms with Crippen LogP contribution in [0, 0.1) is 19.7 Å². The topological polar surface area (TPSA) is 61.8 Å². The molecule has 0 spiro atoms. The number of imidazole rings is 1. The van der Waals surface area contributed by atoms with Crippen LogP contribution in [-0.4, -0.2) is 46.2 Å². The standard InChI is InChI=1S/C18H19FN5O2/c1-10-11(2)24-14-15(21(3)18(26)22(4)16(14)25)20-17(24)23(10)9-12-7-5-6-8-13(12)19/h5-8,14H,9H2,1-4H3/q+1. The van der Waals surface area contributed by atoms with Gasteiger partial charge in [0, 0.05) is 19.7 Å². The van der Waals surface area contributed by atoms with Crippen molar-refractivity contribution in [2.45, 2.75) is 26.4 Å². The number of hydrogen-bond donors (Lipinski definition) is 0. The van der Waals surface area contributed by atoms with Crippen LogP contribution in [-0.2, 0) is 11.3 Å². The fourth-order valence-electron chi connectivity index (χ4n) is 3.57. The Morgan fingerprint density at radius 1 is 1.15 bits per heavy atom. The highest BCUT2D eigenvalue weighted by Gasteiger charge is 2.53. The second-order valence-electron chi connectivity index (χ2n) is 6.63. The highest BCUT2D eigenvalue weighted by atomic mass is 19.1. The van der Waals surface area contributed by atoms with Crippen molar-refractivity contribution in [1.82, 2.24) is 14.4 Å². The van der Waals surface area contributed by atoms with Gasteiger partial charge in [-0.25, -0.2) is 18.3 Å². The molecule has 1 fully saturated rings. The number of amides is 3. The second kappa shape index (κ2) is 5.48. The molecule has 1 aromatic carbocycles. The van der Waals surface area contributed by atoms with E-state index in [4.69, 9.17) is 0 Å². The van der Waals surface area contributed by atoms with Crippen LogP contribution in [0.3, 0.4) is 0 Å². The maximum absolute atomic E-state index is 14.1. The van der Waals surface area contributed by atoms with Gasteiger partial charge < -0.3 is 0 Å². The summed E-state index contributed by atoms with van der Waals surface area (Å²) in [5.41, 5.74) is 2.31. The second-order valence-corrected chi connectivity index (χ2v) is 6.63. The van der Waals surface area contributed by atoms with Crippen molar-refractivity contribution in [2.75, 3.05) is 14.1 Å². The minimum Gasteiger partial charge on any atom is -0.270 e. The molecular formula is C18H19FN5O2+. The van der Waals surface area contributed by atoms with E-state index in [9.17, 15) is 14.0 Å². The quantitative estimate of drug-likeness (QED) is 0.769. The molecular weight excluding hydrogens is 337 g/mol. The maximum atomic E-state index is 14.1. The molecule has 3 heterocycles. The lowest BCUT2D eigenvalue weighted by atomic mass is 10.1. The zero-order valence-corrected chi connectivity index (χ0v) is 15.0. The Labute approximate surface area is 150 Å². The molecule has 1 aromatic heterocycles. The average molecular weight is 356 g/mol. The molecule has 2 aromatic rings. The molecule has 2 aliphatic rings. The lowest BCUT2D eigenvalue weighted by Gasteiger charge is -2.30. The van der Waals surface area contributed by atoms with E-state index in [1.54, 1.807) is 25.2 Å². The van der Waals surface area contributed by atoms with Gasteiger partial charge in [0.05, 0.1) is 6.54 Å². The minimum absolute atomic E-state index is 0.289. The summed E-state index contributed by atoms with van der Waals surface area (Å²) in [6.07, 6.45) is 0. The molecule has 4 rings (SSSR count). The van der Waals surface area contributed by atoms with Gasteiger partial charge in [-0.3, -0.25) is 14.6 Å². The first kappa shape index (κ1) is 16.4. The zero-order valence-electron chi connectivity index (χ0n) is 15.0. The first-order valence-electron chi connectivity index (χ1n) is 8.31. The van der Waals surface area contributed by atoms with Crippen molar-refractivity contribution < 1.29 is 18.5 Å². The van der Waals surface area contributed by atoms with E-state index in [-0.39, 0.29) is 11.7 Å². The summed E-state index contributed by atoms with van der Waals surface area (Å²) in [5, 5.41) is 0. The van der Waals surface area contributed by atoms with Crippen molar-refractivity contribution >= 4 is 23.7 Å². The Morgan fingerprint density at radius 2 is 1.85 bits per heavy atom. The van der Waals surface area contributed by atoms with Gasteiger partial charge >= 0.3 is 12.0 Å². The first-order valence-corrected chi connectivity index (χ1v) is 8.31. The highest BCUT2D eigenvalue weighted by molar-refractivity contribution is 6.20. The summed E-state index contributed by atoms with van der Waals surface area (Å²) < 4.78 is 17.8. The van der Waals surface area contributed by atoms with Gasteiger partial charge in [0.1, 0.15) is 17.2 Å². The molecule has 2 aliphatic heterocycles. The number of likely N-dealkylation sites (N-methyl/N-ethyl adjacent to an activating group) is 2. The van der Waals surface area contributed by atoms with E-state index in [2.05, 4.69) is 4.99 Å². The Kier molecular flexibility index (Phi) is 3.47. The number of carbonyl (C=O) groups is 2. The Morgan fingerprint density at radius 3 is 2.54 bits per heavy atom. The third kappa shape index (κ3) is 2.04. The summed E-state index contributed by atoms with van der Waals surface area (Å²) in [6, 6.07) is 5.50. The number of imide groups is 1. The van der Waals surface area contributed by atoms with Crippen molar-refractivity contribution in [3.05, 3.63) is 47.0 Å². The van der Waals surface area contributed by atoms with E-state index in [0.717, 1.165) is 16.3 Å². The Hall–Kier alpha value is -3.03. The van der Waals surface area contributed by atoms with Crippen molar-refractivity contribution in [3.8, 4) is 0 Å². The molecule has 0 aliphatic carbocycles. The predicted octanol–water partition coefficient (Wildman–Crippen LogP) is 1.69. The molecule has 3 amide bonds. The van der Waals surface area contributed by atoms with Gasteiger partial charge in [-0.2, -0.15) is 0 Å². The van der Waals surface area contributed by atoms with E-state index < -0.39 is 12.1 Å². The van der Waals surface area contributed by atoms with Gasteiger partial charge in [-0.1, -0.05) is 23.2 Å². The van der Waals surface area contributed by atoms with Crippen LogP contribution in [0.2, 0.25) is 0 Å². The zero-order chi connectivity index (χ0) is 18.7. The number of hydrogen-bond acceptors (Lipinski definition) is 3. The lowest BCUT2D eigenvalue weighted by Crippen LogP contribution is -2.56. The number of urea groups is 1. The molecule has 26 heavy (non-hydrogen) atoms. The molecule has 0 N–H and O–H groups in total. The predicted molar refractivity (Wildman–Crippen MR) is 91.7 cm³/mol. The summed E-state index contributed by atoms with van der Waals surface area (Å²) >= 11 is 0. The normalized spacial score (nSPS) is 19.0. The van der Waals surface area contributed by atoms with Gasteiger partial charge in [0.15, 0.2) is 0 Å². The van der Waals surface area contributed by atoms with Gasteiger partial charge in [-0.15, -0.1) is 0 Å². The lowest BCUT2D eigenvalue weighted by molar-refractivity contribution is -0.680. The average Bonchev–Trinajstić information content (AvgIpc) is 3.12. The van der Waals surface area contributed by atoms with Crippen LogP contribution >= 0.6 is 0 Å². The van der Waals surface area contributed by atoms with E-state index in [1.165, 1.54) is 18.0 Å². The van der Waals surface area contributed by atoms with Gasteiger partial charge in [0.25, 0.3) is 5.91 Å². The molecule has 0 saturated carbocycles. The largest absolute Gasteiger partial charge is 0.402 e. The molecule has 1 saturated heterocycles. The highest BCUT2D eigenvalue weighted by Crippen LogP contribution is 2.34. The third-order valence-electron chi connectivity index (χ3n) is 5.23. The van der Waals surface area contributed by atoms with Crippen molar-refractivity contribution in [3.63, 3.8) is 0 Å². The Balaban J connectivity index is 1.87. The third-order valence-corrected chi connectivity index (χ3v) is 5.23. The molecule has 1 unspecified atom stereocenters. The number of amidine groups is 1. The number of halogens is 1. The Bertz CT molecular complexity index is 994. The van der Waals surface area contributed by atoms with Crippen LogP contribution in [0.4, 0.5) is 15.1 Å². The fourth-order valence-corrected chi connectivity index (χ4v) is 3.57. The molecule has 0 bridgehead atoms. The van der Waals surface area contributed by atoms with Crippen LogP contribution in [0.15, 0.2) is 29.3 Å². The molecule has 0 radical (unpaired) electrons. The van der Waals surface area contributed by atoms with Gasteiger partial charge in [0.2, 0.25) is 11.9 Å². The smallest absolute Gasteiger partial charge is 0.270 e. The minimum atomic E-state index is -0.668. The number of carbonyl (C=O) groups excluding carboxylic acids is 2. The van der Waals surface area contributed by atoms with Crippen LogP contribution < -0.4 is 4.57 Å². The van der Waals surface area contributed by atoms with Crippen LogP contribution in [0.1, 0.15) is 23.0 Å². The monoisotopic (exact) mass is 356 g/mol. The number of aromatic nitrogens is 2. The van der Waals surface area contributed by atoms with Crippen LogP contribution in [0.25, 0.3) is 0 Å². The summed E-state index contributed by atoms with van der Waals surface area (Å²) in [7, 11) is 3.07. The van der Waals surface area contributed by atoms with E-state index in [0.29, 0.717) is 23.9 Å².